The standard InChI is InChI=1S/C17H18ClNO5S/c1-11-8-13(2-4-15(11)18)23-9-14-3-5-16(24-14)17(20)19-12-6-7-25(21,22)10-12/h2-5,8,12H,6-7,9-10H2,1H3,(H,19,20)/t12-/m0/s1. The van der Waals surface area contributed by atoms with E-state index in [9.17, 15) is 13.2 Å². The second kappa shape index (κ2) is 7.09. The van der Waals surface area contributed by atoms with Crippen molar-refractivity contribution < 1.29 is 22.4 Å². The van der Waals surface area contributed by atoms with Crippen LogP contribution in [0.1, 0.15) is 28.3 Å². The number of carbonyl (C=O) groups excluding carboxylic acids is 1. The van der Waals surface area contributed by atoms with Crippen LogP contribution in [-0.4, -0.2) is 31.9 Å². The summed E-state index contributed by atoms with van der Waals surface area (Å²) < 4.78 is 33.9. The van der Waals surface area contributed by atoms with Crippen molar-refractivity contribution in [3.63, 3.8) is 0 Å². The van der Waals surface area contributed by atoms with Crippen LogP contribution in [0.15, 0.2) is 34.7 Å². The highest BCUT2D eigenvalue weighted by Gasteiger charge is 2.29. The van der Waals surface area contributed by atoms with Gasteiger partial charge in [-0.1, -0.05) is 11.6 Å². The fraction of sp³-hybridized carbons (Fsp3) is 0.353. The monoisotopic (exact) mass is 383 g/mol. The second-order valence-corrected chi connectivity index (χ2v) is 8.67. The van der Waals surface area contributed by atoms with Crippen molar-refractivity contribution >= 4 is 27.3 Å². The van der Waals surface area contributed by atoms with Gasteiger partial charge in [-0.05, 0) is 49.2 Å². The summed E-state index contributed by atoms with van der Waals surface area (Å²) in [5, 5.41) is 3.35. The maximum Gasteiger partial charge on any atom is 0.287 e. The molecule has 25 heavy (non-hydrogen) atoms. The van der Waals surface area contributed by atoms with E-state index in [4.69, 9.17) is 20.8 Å². The summed E-state index contributed by atoms with van der Waals surface area (Å²) in [5.41, 5.74) is 0.908. The van der Waals surface area contributed by atoms with Gasteiger partial charge in [0.05, 0.1) is 11.5 Å². The summed E-state index contributed by atoms with van der Waals surface area (Å²) in [6.07, 6.45) is 0.431. The van der Waals surface area contributed by atoms with Gasteiger partial charge in [0.25, 0.3) is 5.91 Å². The number of halogens is 1. The predicted molar refractivity (Wildman–Crippen MR) is 93.8 cm³/mol. The lowest BCUT2D eigenvalue weighted by Crippen LogP contribution is -2.35. The number of furan rings is 1. The summed E-state index contributed by atoms with van der Waals surface area (Å²) in [7, 11) is -3.04. The fourth-order valence-electron chi connectivity index (χ4n) is 2.60. The maximum absolute atomic E-state index is 12.1. The van der Waals surface area contributed by atoms with E-state index in [1.54, 1.807) is 24.3 Å². The molecule has 1 aromatic heterocycles. The van der Waals surface area contributed by atoms with Crippen LogP contribution >= 0.6 is 11.6 Å². The van der Waals surface area contributed by atoms with Gasteiger partial charge in [-0.15, -0.1) is 0 Å². The number of rotatable bonds is 5. The van der Waals surface area contributed by atoms with Gasteiger partial charge in [0.1, 0.15) is 18.1 Å². The van der Waals surface area contributed by atoms with E-state index in [1.165, 1.54) is 0 Å². The van der Waals surface area contributed by atoms with Crippen LogP contribution < -0.4 is 10.1 Å². The van der Waals surface area contributed by atoms with E-state index in [2.05, 4.69) is 5.32 Å². The lowest BCUT2D eigenvalue weighted by atomic mass is 10.2. The fourth-order valence-corrected chi connectivity index (χ4v) is 4.40. The molecular formula is C17H18ClNO5S. The van der Waals surface area contributed by atoms with Crippen LogP contribution in [0.25, 0.3) is 0 Å². The first-order valence-electron chi connectivity index (χ1n) is 7.81. The average molecular weight is 384 g/mol. The van der Waals surface area contributed by atoms with E-state index in [0.29, 0.717) is 23.0 Å². The second-order valence-electron chi connectivity index (χ2n) is 6.04. The molecule has 1 aliphatic heterocycles. The number of amides is 1. The van der Waals surface area contributed by atoms with Gasteiger partial charge in [-0.2, -0.15) is 0 Å². The van der Waals surface area contributed by atoms with Crippen molar-refractivity contribution in [1.29, 1.82) is 0 Å². The zero-order chi connectivity index (χ0) is 18.0. The highest BCUT2D eigenvalue weighted by atomic mass is 35.5. The third-order valence-electron chi connectivity index (χ3n) is 3.96. The molecule has 1 atom stereocenters. The van der Waals surface area contributed by atoms with E-state index in [0.717, 1.165) is 5.56 Å². The molecule has 1 aromatic carbocycles. The maximum atomic E-state index is 12.1. The molecule has 0 aliphatic carbocycles. The van der Waals surface area contributed by atoms with Crippen molar-refractivity contribution in [3.05, 3.63) is 52.4 Å². The minimum atomic E-state index is -3.04. The van der Waals surface area contributed by atoms with Crippen molar-refractivity contribution in [2.45, 2.75) is 26.0 Å². The normalized spacial score (nSPS) is 18.9. The minimum Gasteiger partial charge on any atom is -0.486 e. The minimum absolute atomic E-state index is 0.0225. The molecule has 3 rings (SSSR count). The largest absolute Gasteiger partial charge is 0.486 e. The Kier molecular flexibility index (Phi) is 5.06. The van der Waals surface area contributed by atoms with E-state index < -0.39 is 15.7 Å². The molecule has 8 heteroatoms. The van der Waals surface area contributed by atoms with Crippen molar-refractivity contribution in [3.8, 4) is 5.75 Å². The molecule has 1 fully saturated rings. The van der Waals surface area contributed by atoms with Gasteiger partial charge in [-0.3, -0.25) is 4.79 Å². The smallest absolute Gasteiger partial charge is 0.287 e. The summed E-state index contributed by atoms with van der Waals surface area (Å²) in [6.45, 7) is 2.06. The van der Waals surface area contributed by atoms with E-state index in [-0.39, 0.29) is 29.9 Å². The Labute approximate surface area is 151 Å². The van der Waals surface area contributed by atoms with Crippen molar-refractivity contribution in [2.75, 3.05) is 11.5 Å². The van der Waals surface area contributed by atoms with E-state index >= 15 is 0 Å². The SMILES string of the molecule is Cc1cc(OCc2ccc(C(=O)N[C@H]3CCS(=O)(=O)C3)o2)ccc1Cl. The van der Waals surface area contributed by atoms with Gasteiger partial charge in [0.2, 0.25) is 0 Å². The van der Waals surface area contributed by atoms with Crippen LogP contribution in [0, 0.1) is 6.92 Å². The van der Waals surface area contributed by atoms with E-state index in [1.807, 2.05) is 13.0 Å². The summed E-state index contributed by atoms with van der Waals surface area (Å²) in [4.78, 5) is 12.1. The Morgan fingerprint density at radius 1 is 1.36 bits per heavy atom. The zero-order valence-electron chi connectivity index (χ0n) is 13.6. The Morgan fingerprint density at radius 3 is 2.84 bits per heavy atom. The molecular weight excluding hydrogens is 366 g/mol. The topological polar surface area (TPSA) is 85.6 Å². The molecule has 6 nitrogen and oxygen atoms in total. The number of aryl methyl sites for hydroxylation is 1. The number of sulfone groups is 1. The molecule has 0 spiro atoms. The molecule has 1 amide bonds. The molecule has 1 N–H and O–H groups in total. The quantitative estimate of drug-likeness (QED) is 0.857. The summed E-state index contributed by atoms with van der Waals surface area (Å²) in [5.74, 6) is 0.948. The number of benzene rings is 1. The van der Waals surface area contributed by atoms with Crippen molar-refractivity contribution in [2.24, 2.45) is 0 Å². The molecule has 0 unspecified atom stereocenters. The summed E-state index contributed by atoms with van der Waals surface area (Å²) in [6, 6.07) is 8.17. The van der Waals surface area contributed by atoms with Gasteiger partial charge in [-0.25, -0.2) is 8.42 Å². The Hall–Kier alpha value is -1.99. The van der Waals surface area contributed by atoms with Crippen LogP contribution in [0.2, 0.25) is 5.02 Å². The van der Waals surface area contributed by atoms with Crippen LogP contribution in [0.5, 0.6) is 5.75 Å². The Bertz CT molecular complexity index is 890. The highest BCUT2D eigenvalue weighted by Crippen LogP contribution is 2.22. The zero-order valence-corrected chi connectivity index (χ0v) is 15.2. The molecule has 1 aliphatic rings. The molecule has 0 bridgehead atoms. The van der Waals surface area contributed by atoms with Gasteiger partial charge >= 0.3 is 0 Å². The third-order valence-corrected chi connectivity index (χ3v) is 6.16. The molecule has 2 heterocycles. The van der Waals surface area contributed by atoms with Crippen LogP contribution in [0.3, 0.4) is 0 Å². The first-order valence-corrected chi connectivity index (χ1v) is 10.0. The highest BCUT2D eigenvalue weighted by molar-refractivity contribution is 7.91. The molecule has 0 saturated carbocycles. The number of carbonyl (C=O) groups is 1. The van der Waals surface area contributed by atoms with Gasteiger partial charge in [0.15, 0.2) is 15.6 Å². The molecule has 0 radical (unpaired) electrons. The number of hydrogen-bond acceptors (Lipinski definition) is 5. The summed E-state index contributed by atoms with van der Waals surface area (Å²) >= 11 is 5.97. The first-order chi connectivity index (χ1) is 11.8. The average Bonchev–Trinajstić information content (AvgIpc) is 3.15. The van der Waals surface area contributed by atoms with Gasteiger partial charge in [0, 0.05) is 11.1 Å². The Balaban J connectivity index is 1.56. The predicted octanol–water partition coefficient (Wildman–Crippen LogP) is 2.74. The first kappa shape index (κ1) is 17.8. The molecule has 2 aromatic rings. The van der Waals surface area contributed by atoms with Crippen molar-refractivity contribution in [1.82, 2.24) is 5.32 Å². The van der Waals surface area contributed by atoms with Gasteiger partial charge < -0.3 is 14.5 Å². The third kappa shape index (κ3) is 4.55. The number of hydrogen-bond donors (Lipinski definition) is 1. The Morgan fingerprint density at radius 2 is 2.16 bits per heavy atom. The van der Waals surface area contributed by atoms with Crippen LogP contribution in [0.4, 0.5) is 0 Å². The van der Waals surface area contributed by atoms with Crippen LogP contribution in [-0.2, 0) is 16.4 Å². The number of nitrogens with one attached hydrogen (secondary N) is 1. The lowest BCUT2D eigenvalue weighted by molar-refractivity contribution is 0.0909. The lowest BCUT2D eigenvalue weighted by Gasteiger charge is -2.09. The molecule has 134 valence electrons. The number of ether oxygens (including phenoxy) is 1. The molecule has 1 saturated heterocycles.